The summed E-state index contributed by atoms with van der Waals surface area (Å²) in [5.74, 6) is 0.137. The molecule has 4 rings (SSSR count). The molecule has 176 valence electrons. The molecule has 0 atom stereocenters. The van der Waals surface area contributed by atoms with Crippen molar-refractivity contribution in [2.75, 3.05) is 19.5 Å². The summed E-state index contributed by atoms with van der Waals surface area (Å²) < 4.78 is 8.83. The number of ether oxygens (including phenoxy) is 1. The van der Waals surface area contributed by atoms with Crippen LogP contribution >= 0.6 is 23.4 Å². The highest BCUT2D eigenvalue weighted by atomic mass is 35.5. The van der Waals surface area contributed by atoms with E-state index in [1.54, 1.807) is 35.9 Å². The Morgan fingerprint density at radius 1 is 1.12 bits per heavy atom. The molecule has 0 aliphatic carbocycles. The number of hydrogen-bond acceptors (Lipinski definition) is 5. The maximum Gasteiger partial charge on any atom is 0.266 e. The Kier molecular flexibility index (Phi) is 7.26. The van der Waals surface area contributed by atoms with Crippen molar-refractivity contribution < 1.29 is 9.53 Å². The van der Waals surface area contributed by atoms with Gasteiger partial charge in [-0.15, -0.1) is 0 Å². The van der Waals surface area contributed by atoms with Crippen LogP contribution in [0.15, 0.2) is 58.5 Å². The minimum absolute atomic E-state index is 0.0152. The number of nitrogens with zero attached hydrogens (tertiary/aromatic N) is 3. The van der Waals surface area contributed by atoms with Gasteiger partial charge in [0.05, 0.1) is 29.0 Å². The lowest BCUT2D eigenvalue weighted by Gasteiger charge is -2.15. The summed E-state index contributed by atoms with van der Waals surface area (Å²) >= 11 is 7.61. The molecule has 0 spiro atoms. The van der Waals surface area contributed by atoms with Crippen molar-refractivity contribution in [1.82, 2.24) is 14.1 Å². The normalized spacial score (nSPS) is 11.3. The Morgan fingerprint density at radius 3 is 2.65 bits per heavy atom. The first-order valence-electron chi connectivity index (χ1n) is 10.9. The Labute approximate surface area is 207 Å². The van der Waals surface area contributed by atoms with Gasteiger partial charge in [-0.25, -0.2) is 4.98 Å². The third-order valence-electron chi connectivity index (χ3n) is 5.95. The van der Waals surface area contributed by atoms with Crippen LogP contribution in [0.25, 0.3) is 16.6 Å². The second-order valence-corrected chi connectivity index (χ2v) is 9.43. The van der Waals surface area contributed by atoms with Crippen LogP contribution in [0.5, 0.6) is 0 Å². The van der Waals surface area contributed by atoms with Crippen LogP contribution in [0.2, 0.25) is 5.02 Å². The smallest absolute Gasteiger partial charge is 0.266 e. The number of benzene rings is 2. The number of aryl methyl sites for hydroxylation is 1. The van der Waals surface area contributed by atoms with Crippen molar-refractivity contribution >= 4 is 40.0 Å². The number of carbonyl (C=O) groups excluding carboxylic acids is 1. The number of aromatic nitrogens is 3. The van der Waals surface area contributed by atoms with E-state index in [-0.39, 0.29) is 17.1 Å². The molecular formula is C26H26ClN3O3S. The molecule has 0 unspecified atom stereocenters. The number of Topliss-reactive ketones (excluding diaryl/α,β-unsaturated/α-hetero) is 1. The van der Waals surface area contributed by atoms with E-state index >= 15 is 0 Å². The number of carbonyl (C=O) groups is 1. The molecule has 0 aliphatic heterocycles. The molecule has 34 heavy (non-hydrogen) atoms. The average molecular weight is 496 g/mol. The predicted octanol–water partition coefficient (Wildman–Crippen LogP) is 5.39. The number of methoxy groups -OCH3 is 1. The Balaban J connectivity index is 1.73. The molecule has 0 saturated carbocycles. The van der Waals surface area contributed by atoms with Gasteiger partial charge in [0, 0.05) is 35.6 Å². The minimum Gasteiger partial charge on any atom is -0.383 e. The van der Waals surface area contributed by atoms with E-state index in [1.807, 2.05) is 45.0 Å². The van der Waals surface area contributed by atoms with E-state index in [2.05, 4.69) is 4.57 Å². The Bertz CT molecular complexity index is 1440. The fourth-order valence-electron chi connectivity index (χ4n) is 4.08. The standard InChI is InChI=1S/C26H26ClN3O3S/c1-16-14-20(18(3)29(16)12-13-33-4)24(31)15-34-26-28-22-10-6-5-8-19(22)25(32)30(26)23-11-7-9-21(27)17(23)2/h5-11,14H,12-13,15H2,1-4H3. The van der Waals surface area contributed by atoms with Crippen molar-refractivity contribution in [2.45, 2.75) is 32.5 Å². The molecule has 0 amide bonds. The third-order valence-corrected chi connectivity index (χ3v) is 7.30. The van der Waals surface area contributed by atoms with E-state index in [4.69, 9.17) is 21.3 Å². The molecule has 4 aromatic rings. The van der Waals surface area contributed by atoms with Crippen LogP contribution in [0.3, 0.4) is 0 Å². The van der Waals surface area contributed by atoms with E-state index in [9.17, 15) is 9.59 Å². The Hall–Kier alpha value is -2.87. The van der Waals surface area contributed by atoms with E-state index in [1.165, 1.54) is 11.8 Å². The van der Waals surface area contributed by atoms with Gasteiger partial charge in [0.15, 0.2) is 10.9 Å². The fraction of sp³-hybridized carbons (Fsp3) is 0.269. The van der Waals surface area contributed by atoms with Crippen LogP contribution < -0.4 is 5.56 Å². The minimum atomic E-state index is -0.191. The number of thioether (sulfide) groups is 1. The molecular weight excluding hydrogens is 470 g/mol. The monoisotopic (exact) mass is 495 g/mol. The largest absolute Gasteiger partial charge is 0.383 e. The van der Waals surface area contributed by atoms with Gasteiger partial charge in [-0.3, -0.25) is 14.2 Å². The summed E-state index contributed by atoms with van der Waals surface area (Å²) in [4.78, 5) is 31.4. The molecule has 8 heteroatoms. The zero-order valence-electron chi connectivity index (χ0n) is 19.6. The highest BCUT2D eigenvalue weighted by molar-refractivity contribution is 7.99. The number of rotatable bonds is 8. The molecule has 0 saturated heterocycles. The average Bonchev–Trinajstić information content (AvgIpc) is 3.11. The molecule has 0 aliphatic rings. The lowest BCUT2D eigenvalue weighted by Crippen LogP contribution is -2.23. The van der Waals surface area contributed by atoms with Crippen LogP contribution in [0.1, 0.15) is 27.3 Å². The third kappa shape index (κ3) is 4.56. The maximum absolute atomic E-state index is 13.5. The SMILES string of the molecule is COCCn1c(C)cc(C(=O)CSc2nc3ccccc3c(=O)n2-c2cccc(Cl)c2C)c1C. The van der Waals surface area contributed by atoms with Gasteiger partial charge in [0.1, 0.15) is 0 Å². The quantitative estimate of drug-likeness (QED) is 0.186. The van der Waals surface area contributed by atoms with Crippen LogP contribution in [-0.4, -0.2) is 39.4 Å². The topological polar surface area (TPSA) is 66.1 Å². The molecule has 6 nitrogen and oxygen atoms in total. The molecule has 0 fully saturated rings. The molecule has 2 heterocycles. The zero-order valence-corrected chi connectivity index (χ0v) is 21.2. The molecule has 0 N–H and O–H groups in total. The molecule has 2 aromatic carbocycles. The van der Waals surface area contributed by atoms with Crippen LogP contribution in [-0.2, 0) is 11.3 Å². The highest BCUT2D eigenvalue weighted by Crippen LogP contribution is 2.27. The highest BCUT2D eigenvalue weighted by Gasteiger charge is 2.20. The van der Waals surface area contributed by atoms with Crippen LogP contribution in [0, 0.1) is 20.8 Å². The Morgan fingerprint density at radius 2 is 1.88 bits per heavy atom. The van der Waals surface area contributed by atoms with Crippen LogP contribution in [0.4, 0.5) is 0 Å². The first kappa shape index (κ1) is 24.3. The lowest BCUT2D eigenvalue weighted by molar-refractivity contribution is 0.102. The van der Waals surface area contributed by atoms with E-state index in [0.29, 0.717) is 45.5 Å². The number of hydrogen-bond donors (Lipinski definition) is 0. The molecule has 0 bridgehead atoms. The first-order valence-corrected chi connectivity index (χ1v) is 12.3. The fourth-order valence-corrected chi connectivity index (χ4v) is 5.14. The van der Waals surface area contributed by atoms with Crippen molar-refractivity contribution in [3.63, 3.8) is 0 Å². The summed E-state index contributed by atoms with van der Waals surface area (Å²) in [6.45, 7) is 7.06. The van der Waals surface area contributed by atoms with E-state index < -0.39 is 0 Å². The molecule has 2 aromatic heterocycles. The van der Waals surface area contributed by atoms with Gasteiger partial charge >= 0.3 is 0 Å². The predicted molar refractivity (Wildman–Crippen MR) is 138 cm³/mol. The van der Waals surface area contributed by atoms with Crippen molar-refractivity contribution in [1.29, 1.82) is 0 Å². The number of ketones is 1. The van der Waals surface area contributed by atoms with Gasteiger partial charge in [-0.05, 0) is 56.7 Å². The van der Waals surface area contributed by atoms with Gasteiger partial charge in [-0.2, -0.15) is 0 Å². The maximum atomic E-state index is 13.5. The summed E-state index contributed by atoms with van der Waals surface area (Å²) in [7, 11) is 1.66. The first-order chi connectivity index (χ1) is 16.3. The number of para-hydroxylation sites is 1. The van der Waals surface area contributed by atoms with Crippen molar-refractivity contribution in [2.24, 2.45) is 0 Å². The summed E-state index contributed by atoms with van der Waals surface area (Å²) in [5, 5.41) is 1.53. The van der Waals surface area contributed by atoms with Gasteiger partial charge in [-0.1, -0.05) is 41.6 Å². The molecule has 0 radical (unpaired) electrons. The number of fused-ring (bicyclic) bond motifs is 1. The zero-order chi connectivity index (χ0) is 24.4. The van der Waals surface area contributed by atoms with Crippen molar-refractivity contribution in [3.05, 3.63) is 86.4 Å². The van der Waals surface area contributed by atoms with E-state index in [0.717, 1.165) is 17.0 Å². The number of halogens is 1. The summed E-state index contributed by atoms with van der Waals surface area (Å²) in [5.41, 5.74) is 4.43. The second-order valence-electron chi connectivity index (χ2n) is 8.08. The lowest BCUT2D eigenvalue weighted by atomic mass is 10.2. The van der Waals surface area contributed by atoms with Gasteiger partial charge in [0.2, 0.25) is 0 Å². The van der Waals surface area contributed by atoms with Gasteiger partial charge in [0.25, 0.3) is 5.56 Å². The summed E-state index contributed by atoms with van der Waals surface area (Å²) in [6.07, 6.45) is 0. The van der Waals surface area contributed by atoms with Gasteiger partial charge < -0.3 is 9.30 Å². The van der Waals surface area contributed by atoms with Crippen molar-refractivity contribution in [3.8, 4) is 5.69 Å². The summed E-state index contributed by atoms with van der Waals surface area (Å²) in [6, 6.07) is 14.6. The second kappa shape index (κ2) is 10.2.